The number of hydrogen-bond acceptors (Lipinski definition) is 3. The molecule has 0 amide bonds. The monoisotopic (exact) mass is 289 g/mol. The number of fused-ring (bicyclic) bond motifs is 5. The van der Waals surface area contributed by atoms with Crippen LogP contribution in [0, 0.1) is 0 Å². The van der Waals surface area contributed by atoms with Gasteiger partial charge in [0.25, 0.3) is 0 Å². The van der Waals surface area contributed by atoms with Crippen LogP contribution >= 0.6 is 12.4 Å². The molecule has 0 spiro atoms. The summed E-state index contributed by atoms with van der Waals surface area (Å²) in [5.74, 6) is 0. The van der Waals surface area contributed by atoms with Gasteiger partial charge in [0.15, 0.2) is 0 Å². The van der Waals surface area contributed by atoms with Gasteiger partial charge in [-0.3, -0.25) is 4.98 Å². The minimum Gasteiger partial charge on any atom is -0.367 e. The van der Waals surface area contributed by atoms with Crippen molar-refractivity contribution in [2.75, 3.05) is 31.1 Å². The summed E-state index contributed by atoms with van der Waals surface area (Å²) in [5.41, 5.74) is 1.38. The van der Waals surface area contributed by atoms with Gasteiger partial charge in [0, 0.05) is 55.7 Å². The fourth-order valence-electron chi connectivity index (χ4n) is 3.48. The Labute approximate surface area is 126 Å². The van der Waals surface area contributed by atoms with Crippen molar-refractivity contribution in [1.29, 1.82) is 0 Å². The zero-order valence-electron chi connectivity index (χ0n) is 11.5. The molecule has 3 saturated heterocycles. The molecule has 0 radical (unpaired) electrons. The summed E-state index contributed by atoms with van der Waals surface area (Å²) >= 11 is 0. The fraction of sp³-hybridized carbons (Fsp3) is 0.438. The number of anilines is 1. The lowest BCUT2D eigenvalue weighted by atomic mass is 10.0. The minimum absolute atomic E-state index is 0. The van der Waals surface area contributed by atoms with Crippen molar-refractivity contribution in [2.45, 2.75) is 18.9 Å². The molecule has 0 N–H and O–H groups in total. The van der Waals surface area contributed by atoms with E-state index in [1.54, 1.807) is 0 Å². The van der Waals surface area contributed by atoms with E-state index in [0.29, 0.717) is 0 Å². The molecular formula is C16H20ClN3. The van der Waals surface area contributed by atoms with E-state index in [1.807, 2.05) is 12.4 Å². The first-order valence-electron chi connectivity index (χ1n) is 7.23. The van der Waals surface area contributed by atoms with Crippen LogP contribution in [0.2, 0.25) is 0 Å². The average Bonchev–Trinajstić information content (AvgIpc) is 2.80. The summed E-state index contributed by atoms with van der Waals surface area (Å²) in [6.45, 7) is 4.93. The molecule has 5 rings (SSSR count). The molecule has 4 heterocycles. The SMILES string of the molecule is Cl.c1cc2cc(N3CCN4CCC3CC4)ccc2cn1. The predicted molar refractivity (Wildman–Crippen MR) is 85.8 cm³/mol. The molecule has 1 aromatic heterocycles. The molecule has 4 heteroatoms. The van der Waals surface area contributed by atoms with Crippen molar-refractivity contribution in [1.82, 2.24) is 9.88 Å². The lowest BCUT2D eigenvalue weighted by Gasteiger charge is -2.33. The second-order valence-corrected chi connectivity index (χ2v) is 5.67. The van der Waals surface area contributed by atoms with E-state index in [1.165, 1.54) is 55.5 Å². The highest BCUT2D eigenvalue weighted by Gasteiger charge is 2.28. The summed E-state index contributed by atoms with van der Waals surface area (Å²) in [5, 5.41) is 2.53. The first kappa shape index (κ1) is 13.7. The third-order valence-corrected chi connectivity index (χ3v) is 4.61. The summed E-state index contributed by atoms with van der Waals surface area (Å²) in [4.78, 5) is 9.40. The molecule has 3 fully saturated rings. The largest absolute Gasteiger partial charge is 0.367 e. The summed E-state index contributed by atoms with van der Waals surface area (Å²) in [6.07, 6.45) is 6.45. The second-order valence-electron chi connectivity index (χ2n) is 5.67. The van der Waals surface area contributed by atoms with E-state index in [9.17, 15) is 0 Å². The summed E-state index contributed by atoms with van der Waals surface area (Å²) < 4.78 is 0. The quantitative estimate of drug-likeness (QED) is 0.805. The van der Waals surface area contributed by atoms with Crippen molar-refractivity contribution in [3.8, 4) is 0 Å². The second kappa shape index (κ2) is 5.58. The van der Waals surface area contributed by atoms with Gasteiger partial charge >= 0.3 is 0 Å². The van der Waals surface area contributed by atoms with Gasteiger partial charge in [-0.1, -0.05) is 6.07 Å². The molecule has 1 aromatic carbocycles. The van der Waals surface area contributed by atoms with Crippen molar-refractivity contribution >= 4 is 28.9 Å². The Kier molecular flexibility index (Phi) is 3.81. The molecule has 0 unspecified atom stereocenters. The van der Waals surface area contributed by atoms with Crippen LogP contribution < -0.4 is 4.90 Å². The smallest absolute Gasteiger partial charge is 0.0375 e. The molecular weight excluding hydrogens is 270 g/mol. The molecule has 2 bridgehead atoms. The van der Waals surface area contributed by atoms with Crippen molar-refractivity contribution < 1.29 is 0 Å². The molecule has 0 atom stereocenters. The Hall–Kier alpha value is -1.32. The standard InChI is InChI=1S/C16H19N3.ClH/c1-2-16(11-13-3-6-17-12-14(1)13)19-10-9-18-7-4-15(19)5-8-18;/h1-3,6,11-12,15H,4-5,7-10H2;1H. The van der Waals surface area contributed by atoms with E-state index in [4.69, 9.17) is 0 Å². The van der Waals surface area contributed by atoms with Gasteiger partial charge < -0.3 is 9.80 Å². The highest BCUT2D eigenvalue weighted by molar-refractivity contribution is 5.85. The molecule has 0 saturated carbocycles. The van der Waals surface area contributed by atoms with Crippen molar-refractivity contribution in [3.63, 3.8) is 0 Å². The van der Waals surface area contributed by atoms with Crippen LogP contribution in [0.3, 0.4) is 0 Å². The number of piperidine rings is 1. The highest BCUT2D eigenvalue weighted by Crippen LogP contribution is 2.28. The van der Waals surface area contributed by atoms with Crippen molar-refractivity contribution in [3.05, 3.63) is 36.7 Å². The third-order valence-electron chi connectivity index (χ3n) is 4.61. The molecule has 3 aliphatic heterocycles. The maximum Gasteiger partial charge on any atom is 0.0375 e. The van der Waals surface area contributed by atoms with Crippen LogP contribution in [0.4, 0.5) is 5.69 Å². The van der Waals surface area contributed by atoms with Gasteiger partial charge in [-0.05, 0) is 36.4 Å². The Bertz CT molecular complexity index is 593. The average molecular weight is 290 g/mol. The van der Waals surface area contributed by atoms with Crippen LogP contribution in [-0.2, 0) is 0 Å². The Morgan fingerprint density at radius 3 is 2.65 bits per heavy atom. The zero-order chi connectivity index (χ0) is 12.7. The van der Waals surface area contributed by atoms with Crippen LogP contribution in [-0.4, -0.2) is 42.1 Å². The lowest BCUT2D eigenvalue weighted by molar-refractivity contribution is 0.250. The molecule has 0 aliphatic carbocycles. The van der Waals surface area contributed by atoms with Gasteiger partial charge in [-0.15, -0.1) is 12.4 Å². The van der Waals surface area contributed by atoms with E-state index >= 15 is 0 Å². The Morgan fingerprint density at radius 1 is 0.950 bits per heavy atom. The van der Waals surface area contributed by atoms with E-state index in [0.717, 1.165) is 6.04 Å². The first-order chi connectivity index (χ1) is 9.40. The summed E-state index contributed by atoms with van der Waals surface area (Å²) in [7, 11) is 0. The molecule has 2 aromatic rings. The molecule has 3 aliphatic rings. The maximum absolute atomic E-state index is 4.19. The number of halogens is 1. The number of benzene rings is 1. The zero-order valence-corrected chi connectivity index (χ0v) is 12.4. The number of nitrogens with zero attached hydrogens (tertiary/aromatic N) is 3. The fourth-order valence-corrected chi connectivity index (χ4v) is 3.48. The molecule has 106 valence electrons. The highest BCUT2D eigenvalue weighted by atomic mass is 35.5. The maximum atomic E-state index is 4.19. The number of aromatic nitrogens is 1. The van der Waals surface area contributed by atoms with Crippen LogP contribution in [0.1, 0.15) is 12.8 Å². The first-order valence-corrected chi connectivity index (χ1v) is 7.23. The van der Waals surface area contributed by atoms with Gasteiger partial charge in [0.2, 0.25) is 0 Å². The van der Waals surface area contributed by atoms with Crippen molar-refractivity contribution in [2.24, 2.45) is 0 Å². The van der Waals surface area contributed by atoms with Gasteiger partial charge in [-0.25, -0.2) is 0 Å². The molecule has 3 nitrogen and oxygen atoms in total. The Balaban J connectivity index is 0.00000121. The van der Waals surface area contributed by atoms with Gasteiger partial charge in [0.1, 0.15) is 0 Å². The molecule has 20 heavy (non-hydrogen) atoms. The third kappa shape index (κ3) is 2.36. The topological polar surface area (TPSA) is 19.4 Å². The van der Waals surface area contributed by atoms with Gasteiger partial charge in [-0.2, -0.15) is 0 Å². The summed E-state index contributed by atoms with van der Waals surface area (Å²) in [6, 6.07) is 9.63. The predicted octanol–water partition coefficient (Wildman–Crippen LogP) is 2.94. The van der Waals surface area contributed by atoms with Gasteiger partial charge in [0.05, 0.1) is 0 Å². The van der Waals surface area contributed by atoms with E-state index < -0.39 is 0 Å². The lowest BCUT2D eigenvalue weighted by Crippen LogP contribution is -2.37. The van der Waals surface area contributed by atoms with Crippen LogP contribution in [0.5, 0.6) is 0 Å². The number of pyridine rings is 1. The Morgan fingerprint density at radius 2 is 1.80 bits per heavy atom. The van der Waals surface area contributed by atoms with Crippen LogP contribution in [0.25, 0.3) is 10.8 Å². The van der Waals surface area contributed by atoms with E-state index in [2.05, 4.69) is 39.0 Å². The number of rotatable bonds is 1. The van der Waals surface area contributed by atoms with Crippen LogP contribution in [0.15, 0.2) is 36.7 Å². The normalized spacial score (nSPS) is 25.3. The van der Waals surface area contributed by atoms with E-state index in [-0.39, 0.29) is 12.4 Å². The minimum atomic E-state index is 0. The number of hydrogen-bond donors (Lipinski definition) is 0.